The number of hydrogen-bond donors (Lipinski definition) is 1. The third-order valence-corrected chi connectivity index (χ3v) is 3.18. The van der Waals surface area contributed by atoms with Crippen LogP contribution in [0, 0.1) is 19.8 Å². The maximum absolute atomic E-state index is 11.9. The van der Waals surface area contributed by atoms with Gasteiger partial charge in [0.05, 0.1) is 6.04 Å². The molecule has 0 spiro atoms. The van der Waals surface area contributed by atoms with Crippen molar-refractivity contribution in [3.05, 3.63) is 29.3 Å². The summed E-state index contributed by atoms with van der Waals surface area (Å²) in [6.45, 7) is 9.08. The van der Waals surface area contributed by atoms with Crippen LogP contribution in [0.4, 0.5) is 0 Å². The largest absolute Gasteiger partial charge is 0.483 e. The van der Waals surface area contributed by atoms with Crippen LogP contribution in [-0.2, 0) is 9.59 Å². The van der Waals surface area contributed by atoms with Crippen LogP contribution in [0.15, 0.2) is 18.2 Å². The molecule has 1 aromatic rings. The molecule has 0 aliphatic rings. The number of amides is 1. The molecule has 110 valence electrons. The van der Waals surface area contributed by atoms with Gasteiger partial charge in [-0.15, -0.1) is 0 Å². The zero-order valence-electron chi connectivity index (χ0n) is 12.8. The first-order valence-corrected chi connectivity index (χ1v) is 6.81. The molecule has 1 unspecified atom stereocenters. The van der Waals surface area contributed by atoms with Gasteiger partial charge in [0, 0.05) is 0 Å². The Labute approximate surface area is 120 Å². The summed E-state index contributed by atoms with van der Waals surface area (Å²) in [5, 5.41) is 2.71. The molecule has 4 heteroatoms. The molecule has 0 aliphatic carbocycles. The number of ketones is 1. The molecule has 0 saturated heterocycles. The van der Waals surface area contributed by atoms with Crippen LogP contribution in [0.5, 0.6) is 5.75 Å². The van der Waals surface area contributed by atoms with E-state index in [1.165, 1.54) is 6.92 Å². The van der Waals surface area contributed by atoms with Gasteiger partial charge < -0.3 is 10.1 Å². The highest BCUT2D eigenvalue weighted by atomic mass is 16.5. The predicted octanol–water partition coefficient (Wildman–Crippen LogP) is 2.41. The predicted molar refractivity (Wildman–Crippen MR) is 78.9 cm³/mol. The average Bonchev–Trinajstić information content (AvgIpc) is 2.34. The molecule has 0 radical (unpaired) electrons. The third-order valence-electron chi connectivity index (χ3n) is 3.18. The number of hydrogen-bond acceptors (Lipinski definition) is 3. The molecule has 0 fully saturated rings. The number of rotatable bonds is 6. The van der Waals surface area contributed by atoms with E-state index in [0.717, 1.165) is 16.9 Å². The van der Waals surface area contributed by atoms with Crippen LogP contribution >= 0.6 is 0 Å². The summed E-state index contributed by atoms with van der Waals surface area (Å²) in [4.78, 5) is 23.3. The summed E-state index contributed by atoms with van der Waals surface area (Å²) in [5.74, 6) is 0.477. The van der Waals surface area contributed by atoms with Crippen molar-refractivity contribution in [1.82, 2.24) is 5.32 Å². The van der Waals surface area contributed by atoms with Crippen LogP contribution in [0.1, 0.15) is 31.9 Å². The molecular weight excluding hydrogens is 254 g/mol. The van der Waals surface area contributed by atoms with Crippen LogP contribution in [0.2, 0.25) is 0 Å². The van der Waals surface area contributed by atoms with Crippen molar-refractivity contribution in [3.8, 4) is 5.75 Å². The molecule has 0 aromatic heterocycles. The quantitative estimate of drug-likeness (QED) is 0.868. The lowest BCUT2D eigenvalue weighted by molar-refractivity contribution is -0.129. The van der Waals surface area contributed by atoms with Gasteiger partial charge in [0.25, 0.3) is 5.91 Å². The first-order valence-electron chi connectivity index (χ1n) is 6.81. The lowest BCUT2D eigenvalue weighted by atomic mass is 10.0. The fraction of sp³-hybridized carbons (Fsp3) is 0.500. The van der Waals surface area contributed by atoms with Gasteiger partial charge in [0.2, 0.25) is 0 Å². The Morgan fingerprint density at radius 2 is 1.75 bits per heavy atom. The number of ether oxygens (including phenoxy) is 1. The smallest absolute Gasteiger partial charge is 0.258 e. The standard InChI is InChI=1S/C16H23NO3/c1-10(2)15(13(5)18)17-14(19)9-20-16-11(3)7-6-8-12(16)4/h6-8,10,15H,9H2,1-5H3,(H,17,19). The molecular formula is C16H23NO3. The molecule has 0 heterocycles. The van der Waals surface area contributed by atoms with Gasteiger partial charge >= 0.3 is 0 Å². The van der Waals surface area contributed by atoms with Crippen molar-refractivity contribution < 1.29 is 14.3 Å². The Morgan fingerprint density at radius 3 is 2.20 bits per heavy atom. The minimum Gasteiger partial charge on any atom is -0.483 e. The molecule has 1 aromatic carbocycles. The molecule has 1 rings (SSSR count). The molecule has 1 atom stereocenters. The summed E-state index contributed by atoms with van der Waals surface area (Å²) in [5.41, 5.74) is 1.98. The van der Waals surface area contributed by atoms with Gasteiger partial charge in [-0.3, -0.25) is 9.59 Å². The Morgan fingerprint density at radius 1 is 1.20 bits per heavy atom. The zero-order valence-corrected chi connectivity index (χ0v) is 12.8. The summed E-state index contributed by atoms with van der Waals surface area (Å²) in [6, 6.07) is 5.37. The Kier molecular flexibility index (Phi) is 5.74. The summed E-state index contributed by atoms with van der Waals surface area (Å²) < 4.78 is 5.57. The van der Waals surface area contributed by atoms with Gasteiger partial charge in [-0.05, 0) is 37.8 Å². The minimum absolute atomic E-state index is 0.0413. The number of carbonyl (C=O) groups is 2. The lowest BCUT2D eigenvalue weighted by Crippen LogP contribution is -2.45. The summed E-state index contributed by atoms with van der Waals surface area (Å²) in [7, 11) is 0. The van der Waals surface area contributed by atoms with Gasteiger partial charge in [-0.1, -0.05) is 32.0 Å². The van der Waals surface area contributed by atoms with Gasteiger partial charge in [0.15, 0.2) is 12.4 Å². The first kappa shape index (κ1) is 16.2. The monoisotopic (exact) mass is 277 g/mol. The van der Waals surface area contributed by atoms with E-state index in [1.54, 1.807) is 0 Å². The maximum Gasteiger partial charge on any atom is 0.258 e. The normalized spacial score (nSPS) is 12.1. The number of nitrogens with one attached hydrogen (secondary N) is 1. The van der Waals surface area contributed by atoms with Crippen molar-refractivity contribution in [3.63, 3.8) is 0 Å². The molecule has 0 saturated carbocycles. The highest BCUT2D eigenvalue weighted by Gasteiger charge is 2.20. The summed E-state index contributed by atoms with van der Waals surface area (Å²) >= 11 is 0. The average molecular weight is 277 g/mol. The van der Waals surface area contributed by atoms with E-state index in [-0.39, 0.29) is 24.2 Å². The van der Waals surface area contributed by atoms with Crippen LogP contribution < -0.4 is 10.1 Å². The van der Waals surface area contributed by atoms with Crippen molar-refractivity contribution in [1.29, 1.82) is 0 Å². The molecule has 20 heavy (non-hydrogen) atoms. The fourth-order valence-corrected chi connectivity index (χ4v) is 2.12. The van der Waals surface area contributed by atoms with E-state index >= 15 is 0 Å². The number of para-hydroxylation sites is 1. The van der Waals surface area contributed by atoms with Crippen LogP contribution in [-0.4, -0.2) is 24.3 Å². The van der Waals surface area contributed by atoms with Gasteiger partial charge in [-0.2, -0.15) is 0 Å². The van der Waals surface area contributed by atoms with E-state index in [0.29, 0.717) is 0 Å². The zero-order chi connectivity index (χ0) is 15.3. The second kappa shape index (κ2) is 7.08. The third kappa shape index (κ3) is 4.37. The lowest BCUT2D eigenvalue weighted by Gasteiger charge is -2.20. The fourth-order valence-electron chi connectivity index (χ4n) is 2.12. The number of Topliss-reactive ketones (excluding diaryl/α,β-unsaturated/α-hetero) is 1. The van der Waals surface area contributed by atoms with Crippen molar-refractivity contribution in [2.75, 3.05) is 6.61 Å². The van der Waals surface area contributed by atoms with E-state index in [9.17, 15) is 9.59 Å². The van der Waals surface area contributed by atoms with Crippen molar-refractivity contribution in [2.24, 2.45) is 5.92 Å². The second-order valence-electron chi connectivity index (χ2n) is 5.41. The van der Waals surface area contributed by atoms with E-state index in [2.05, 4.69) is 5.32 Å². The van der Waals surface area contributed by atoms with Crippen LogP contribution in [0.3, 0.4) is 0 Å². The highest BCUT2D eigenvalue weighted by Crippen LogP contribution is 2.22. The van der Waals surface area contributed by atoms with Crippen molar-refractivity contribution in [2.45, 2.75) is 40.7 Å². The Balaban J connectivity index is 2.62. The minimum atomic E-state index is -0.455. The molecule has 0 bridgehead atoms. The second-order valence-corrected chi connectivity index (χ2v) is 5.41. The Hall–Kier alpha value is -1.84. The number of aryl methyl sites for hydroxylation is 2. The maximum atomic E-state index is 11.9. The van der Waals surface area contributed by atoms with E-state index < -0.39 is 6.04 Å². The molecule has 0 aliphatic heterocycles. The van der Waals surface area contributed by atoms with E-state index in [1.807, 2.05) is 45.9 Å². The number of carbonyl (C=O) groups excluding carboxylic acids is 2. The van der Waals surface area contributed by atoms with E-state index in [4.69, 9.17) is 4.74 Å². The topological polar surface area (TPSA) is 55.4 Å². The molecule has 1 N–H and O–H groups in total. The highest BCUT2D eigenvalue weighted by molar-refractivity contribution is 5.88. The molecule has 1 amide bonds. The molecule has 4 nitrogen and oxygen atoms in total. The van der Waals surface area contributed by atoms with Crippen LogP contribution in [0.25, 0.3) is 0 Å². The van der Waals surface area contributed by atoms with Gasteiger partial charge in [-0.25, -0.2) is 0 Å². The number of benzene rings is 1. The van der Waals surface area contributed by atoms with Crippen molar-refractivity contribution >= 4 is 11.7 Å². The SMILES string of the molecule is CC(=O)C(NC(=O)COc1c(C)cccc1C)C(C)C. The first-order chi connectivity index (χ1) is 9.32. The summed E-state index contributed by atoms with van der Waals surface area (Å²) in [6.07, 6.45) is 0. The van der Waals surface area contributed by atoms with Gasteiger partial charge in [0.1, 0.15) is 5.75 Å². The Bertz CT molecular complexity index is 474.